The van der Waals surface area contributed by atoms with E-state index >= 15 is 0 Å². The first-order chi connectivity index (χ1) is 10.3. The number of hydrogen-bond acceptors (Lipinski definition) is 1. The fourth-order valence-corrected chi connectivity index (χ4v) is 3.07. The maximum Gasteiger partial charge on any atom is 0.123 e. The molecule has 0 fully saturated rings. The summed E-state index contributed by atoms with van der Waals surface area (Å²) in [5.41, 5.74) is 3.86. The highest BCUT2D eigenvalue weighted by Gasteiger charge is 2.14. The molecule has 2 aromatic rings. The Kier molecular flexibility index (Phi) is 6.31. The zero-order chi connectivity index (χ0) is 15.1. The molecule has 0 radical (unpaired) electrons. The lowest BCUT2D eigenvalue weighted by atomic mass is 10.0. The molecule has 0 aliphatic carbocycles. The van der Waals surface area contributed by atoms with Crippen LogP contribution in [-0.4, -0.2) is 6.61 Å². The molecule has 0 aliphatic rings. The van der Waals surface area contributed by atoms with Crippen LogP contribution < -0.4 is 4.74 Å². The fraction of sp³-hybridized carbons (Fsp3) is 0.368. The van der Waals surface area contributed by atoms with Crippen LogP contribution in [0.1, 0.15) is 48.2 Å². The van der Waals surface area contributed by atoms with Crippen LogP contribution in [0.4, 0.5) is 0 Å². The van der Waals surface area contributed by atoms with Crippen LogP contribution in [-0.2, 0) is 6.42 Å². The Morgan fingerprint density at radius 3 is 2.38 bits per heavy atom. The molecule has 0 bridgehead atoms. The van der Waals surface area contributed by atoms with Gasteiger partial charge >= 0.3 is 0 Å². The van der Waals surface area contributed by atoms with Crippen molar-refractivity contribution in [2.45, 2.75) is 37.9 Å². The zero-order valence-electron chi connectivity index (χ0n) is 12.8. The topological polar surface area (TPSA) is 9.23 Å². The Morgan fingerprint density at radius 2 is 1.71 bits per heavy atom. The monoisotopic (exact) mass is 346 g/mol. The van der Waals surface area contributed by atoms with E-state index in [0.717, 1.165) is 5.75 Å². The van der Waals surface area contributed by atoms with Gasteiger partial charge in [-0.05, 0) is 37.0 Å². The molecule has 0 aliphatic heterocycles. The van der Waals surface area contributed by atoms with Crippen LogP contribution >= 0.6 is 15.9 Å². The third-order valence-corrected chi connectivity index (χ3v) is 4.61. The molecule has 0 amide bonds. The number of unbranched alkanes of at least 4 members (excludes halogenated alkanes) is 1. The molecule has 0 saturated heterocycles. The van der Waals surface area contributed by atoms with E-state index in [1.54, 1.807) is 0 Å². The van der Waals surface area contributed by atoms with Crippen molar-refractivity contribution >= 4 is 15.9 Å². The fourth-order valence-electron chi connectivity index (χ4n) is 2.39. The van der Waals surface area contributed by atoms with Crippen molar-refractivity contribution in [3.8, 4) is 5.75 Å². The van der Waals surface area contributed by atoms with Gasteiger partial charge in [0.1, 0.15) is 5.75 Å². The van der Waals surface area contributed by atoms with Gasteiger partial charge in [0.15, 0.2) is 0 Å². The first-order valence-corrected chi connectivity index (χ1v) is 8.62. The van der Waals surface area contributed by atoms with Gasteiger partial charge in [-0.15, -0.1) is 0 Å². The molecule has 1 unspecified atom stereocenters. The molecule has 2 rings (SSSR count). The second-order valence-corrected chi connectivity index (χ2v) is 6.09. The SMILES string of the molecule is CCCCc1ccc(C(Br)c2ccccc2OCC)cc1. The van der Waals surface area contributed by atoms with Crippen molar-refractivity contribution in [3.63, 3.8) is 0 Å². The molecule has 0 N–H and O–H groups in total. The number of benzene rings is 2. The zero-order valence-corrected chi connectivity index (χ0v) is 14.4. The summed E-state index contributed by atoms with van der Waals surface area (Å²) in [7, 11) is 0. The van der Waals surface area contributed by atoms with E-state index in [0.29, 0.717) is 6.61 Å². The summed E-state index contributed by atoms with van der Waals surface area (Å²) in [5.74, 6) is 0.955. The van der Waals surface area contributed by atoms with Gasteiger partial charge in [0.05, 0.1) is 11.4 Å². The first kappa shape index (κ1) is 16.1. The predicted molar refractivity (Wildman–Crippen MR) is 93.4 cm³/mol. The third kappa shape index (κ3) is 4.34. The van der Waals surface area contributed by atoms with Crippen LogP contribution in [0.5, 0.6) is 5.75 Å². The highest BCUT2D eigenvalue weighted by atomic mass is 79.9. The van der Waals surface area contributed by atoms with Gasteiger partial charge < -0.3 is 4.74 Å². The van der Waals surface area contributed by atoms with Gasteiger partial charge in [0.2, 0.25) is 0 Å². The van der Waals surface area contributed by atoms with Gasteiger partial charge in [-0.1, -0.05) is 71.7 Å². The quantitative estimate of drug-likeness (QED) is 0.566. The molecule has 2 aromatic carbocycles. The summed E-state index contributed by atoms with van der Waals surface area (Å²) < 4.78 is 5.73. The number of rotatable bonds is 7. The van der Waals surface area contributed by atoms with E-state index in [1.165, 1.54) is 36.0 Å². The largest absolute Gasteiger partial charge is 0.494 e. The van der Waals surface area contributed by atoms with Crippen LogP contribution in [0, 0.1) is 0 Å². The van der Waals surface area contributed by atoms with Crippen molar-refractivity contribution in [3.05, 3.63) is 65.2 Å². The molecule has 112 valence electrons. The van der Waals surface area contributed by atoms with Crippen molar-refractivity contribution in [1.82, 2.24) is 0 Å². The van der Waals surface area contributed by atoms with Gasteiger partial charge in [0, 0.05) is 5.56 Å². The molecular weight excluding hydrogens is 324 g/mol. The highest BCUT2D eigenvalue weighted by Crippen LogP contribution is 2.36. The second kappa shape index (κ2) is 8.23. The van der Waals surface area contributed by atoms with Gasteiger partial charge in [-0.25, -0.2) is 0 Å². The van der Waals surface area contributed by atoms with Crippen molar-refractivity contribution in [1.29, 1.82) is 0 Å². The van der Waals surface area contributed by atoms with Gasteiger partial charge in [0.25, 0.3) is 0 Å². The molecule has 2 heteroatoms. The van der Waals surface area contributed by atoms with E-state index in [9.17, 15) is 0 Å². The van der Waals surface area contributed by atoms with Gasteiger partial charge in [-0.3, -0.25) is 0 Å². The second-order valence-electron chi connectivity index (χ2n) is 5.18. The van der Waals surface area contributed by atoms with E-state index in [-0.39, 0.29) is 4.83 Å². The lowest BCUT2D eigenvalue weighted by Gasteiger charge is -2.16. The Hall–Kier alpha value is -1.28. The lowest BCUT2D eigenvalue weighted by Crippen LogP contribution is -2.00. The van der Waals surface area contributed by atoms with E-state index < -0.39 is 0 Å². The molecule has 1 nitrogen and oxygen atoms in total. The summed E-state index contributed by atoms with van der Waals surface area (Å²) in [6.45, 7) is 4.93. The normalized spacial score (nSPS) is 12.1. The van der Waals surface area contributed by atoms with E-state index in [2.05, 4.69) is 59.3 Å². The molecular formula is C19H23BrO. The minimum atomic E-state index is 0.167. The standard InChI is InChI=1S/C19H23BrO/c1-3-5-8-15-11-13-16(14-12-15)19(20)17-9-6-7-10-18(17)21-4-2/h6-7,9-14,19H,3-5,8H2,1-2H3. The smallest absolute Gasteiger partial charge is 0.123 e. The van der Waals surface area contributed by atoms with Crippen molar-refractivity contribution in [2.24, 2.45) is 0 Å². The molecule has 0 spiro atoms. The molecule has 0 heterocycles. The van der Waals surface area contributed by atoms with Crippen molar-refractivity contribution < 1.29 is 4.74 Å². The lowest BCUT2D eigenvalue weighted by molar-refractivity contribution is 0.337. The number of hydrogen-bond donors (Lipinski definition) is 0. The number of para-hydroxylation sites is 1. The molecule has 0 saturated carbocycles. The average Bonchev–Trinajstić information content (AvgIpc) is 2.53. The Labute approximate surface area is 136 Å². The first-order valence-electron chi connectivity index (χ1n) is 7.70. The Morgan fingerprint density at radius 1 is 1.00 bits per heavy atom. The summed E-state index contributed by atoms with van der Waals surface area (Å²) in [6, 6.07) is 17.1. The Balaban J connectivity index is 2.17. The minimum absolute atomic E-state index is 0.167. The maximum atomic E-state index is 5.73. The minimum Gasteiger partial charge on any atom is -0.494 e. The predicted octanol–water partition coefficient (Wildman–Crippen LogP) is 5.91. The summed E-state index contributed by atoms with van der Waals surface area (Å²) in [6.07, 6.45) is 3.66. The van der Waals surface area contributed by atoms with E-state index in [1.807, 2.05) is 19.1 Å². The van der Waals surface area contributed by atoms with Crippen LogP contribution in [0.15, 0.2) is 48.5 Å². The molecule has 21 heavy (non-hydrogen) atoms. The maximum absolute atomic E-state index is 5.73. The highest BCUT2D eigenvalue weighted by molar-refractivity contribution is 9.09. The molecule has 0 aromatic heterocycles. The summed E-state index contributed by atoms with van der Waals surface area (Å²) in [5, 5.41) is 0. The third-order valence-electron chi connectivity index (χ3n) is 3.58. The number of halogens is 1. The van der Waals surface area contributed by atoms with Gasteiger partial charge in [-0.2, -0.15) is 0 Å². The molecule has 1 atom stereocenters. The summed E-state index contributed by atoms with van der Waals surface area (Å²) in [4.78, 5) is 0.167. The number of alkyl halides is 1. The number of aryl methyl sites for hydroxylation is 1. The number of ether oxygens (including phenoxy) is 1. The van der Waals surface area contributed by atoms with Crippen LogP contribution in [0.2, 0.25) is 0 Å². The average molecular weight is 347 g/mol. The van der Waals surface area contributed by atoms with Crippen LogP contribution in [0.25, 0.3) is 0 Å². The van der Waals surface area contributed by atoms with E-state index in [4.69, 9.17) is 4.74 Å². The van der Waals surface area contributed by atoms with Crippen LogP contribution in [0.3, 0.4) is 0 Å². The summed E-state index contributed by atoms with van der Waals surface area (Å²) >= 11 is 3.81. The van der Waals surface area contributed by atoms with Crippen molar-refractivity contribution in [2.75, 3.05) is 6.61 Å². The Bertz CT molecular complexity index is 548.